The van der Waals surface area contributed by atoms with Gasteiger partial charge in [0.15, 0.2) is 6.61 Å². The van der Waals surface area contributed by atoms with Gasteiger partial charge in [-0.2, -0.15) is 10.2 Å². The van der Waals surface area contributed by atoms with Crippen LogP contribution in [-0.4, -0.2) is 33.2 Å². The van der Waals surface area contributed by atoms with E-state index in [-0.39, 0.29) is 18.9 Å². The van der Waals surface area contributed by atoms with Crippen LogP contribution in [0, 0.1) is 25.2 Å². The molecule has 0 unspecified atom stereocenters. The maximum Gasteiger partial charge on any atom is 0.306 e. The number of aromatic nitrogens is 3. The fourth-order valence-corrected chi connectivity index (χ4v) is 4.81. The Morgan fingerprint density at radius 1 is 1.36 bits per heavy atom. The number of aryl methyl sites for hydroxylation is 1. The van der Waals surface area contributed by atoms with Gasteiger partial charge in [-0.05, 0) is 43.7 Å². The van der Waals surface area contributed by atoms with Crippen molar-refractivity contribution >= 4 is 29.0 Å². The van der Waals surface area contributed by atoms with E-state index in [0.29, 0.717) is 23.1 Å². The van der Waals surface area contributed by atoms with Crippen LogP contribution in [0.5, 0.6) is 0 Å². The van der Waals surface area contributed by atoms with Crippen molar-refractivity contribution in [1.29, 1.82) is 5.26 Å². The second kappa shape index (κ2) is 10.0. The molecule has 4 rings (SSSR count). The van der Waals surface area contributed by atoms with Gasteiger partial charge in [0.05, 0.1) is 16.9 Å². The molecule has 3 aromatic heterocycles. The van der Waals surface area contributed by atoms with E-state index in [4.69, 9.17) is 9.26 Å². The summed E-state index contributed by atoms with van der Waals surface area (Å²) in [5.74, 6) is 0.289. The Hall–Kier alpha value is -3.45. The minimum atomic E-state index is -0.542. The van der Waals surface area contributed by atoms with Gasteiger partial charge in [0, 0.05) is 18.2 Å². The molecule has 0 aliphatic heterocycles. The van der Waals surface area contributed by atoms with Crippen LogP contribution in [0.4, 0.5) is 5.82 Å². The minimum absolute atomic E-state index is 0.0134. The van der Waals surface area contributed by atoms with E-state index < -0.39 is 18.5 Å². The number of anilines is 1. The molecule has 172 valence electrons. The third-order valence-electron chi connectivity index (χ3n) is 5.93. The summed E-state index contributed by atoms with van der Waals surface area (Å²) in [4.78, 5) is 29.8. The first-order valence-electron chi connectivity index (χ1n) is 10.9. The SMILES string of the molecule is Cc1c(C#N)c(NC(=O)COC(=O)CCc2nc(-c3cccs3)no2)n(C2CCCC2)c1C. The minimum Gasteiger partial charge on any atom is -0.456 e. The molecule has 0 spiro atoms. The molecule has 0 atom stereocenters. The number of rotatable bonds is 8. The predicted octanol–water partition coefficient (Wildman–Crippen LogP) is 4.32. The molecule has 1 aliphatic carbocycles. The van der Waals surface area contributed by atoms with Crippen LogP contribution in [0.15, 0.2) is 22.0 Å². The lowest BCUT2D eigenvalue weighted by molar-refractivity contribution is -0.147. The van der Waals surface area contributed by atoms with E-state index in [1.807, 2.05) is 31.4 Å². The quantitative estimate of drug-likeness (QED) is 0.489. The lowest BCUT2D eigenvalue weighted by atomic mass is 10.2. The van der Waals surface area contributed by atoms with E-state index >= 15 is 0 Å². The number of nitrogens with one attached hydrogen (secondary N) is 1. The van der Waals surface area contributed by atoms with Gasteiger partial charge < -0.3 is 19.1 Å². The lowest BCUT2D eigenvalue weighted by Gasteiger charge is -2.19. The molecule has 0 bridgehead atoms. The van der Waals surface area contributed by atoms with Crippen molar-refractivity contribution in [2.45, 2.75) is 58.4 Å². The van der Waals surface area contributed by atoms with Gasteiger partial charge in [0.2, 0.25) is 11.7 Å². The lowest BCUT2D eigenvalue weighted by Crippen LogP contribution is -2.24. The molecule has 1 fully saturated rings. The number of carbonyl (C=O) groups is 2. The Balaban J connectivity index is 1.32. The molecule has 3 aromatic rings. The highest BCUT2D eigenvalue weighted by atomic mass is 32.1. The Bertz CT molecular complexity index is 1180. The second-order valence-corrected chi connectivity index (χ2v) is 9.00. The molecule has 1 aliphatic rings. The van der Waals surface area contributed by atoms with Crippen molar-refractivity contribution in [3.63, 3.8) is 0 Å². The topological polar surface area (TPSA) is 123 Å². The van der Waals surface area contributed by atoms with Gasteiger partial charge in [0.25, 0.3) is 5.91 Å². The van der Waals surface area contributed by atoms with Gasteiger partial charge in [-0.25, -0.2) is 0 Å². The first-order valence-corrected chi connectivity index (χ1v) is 11.8. The first kappa shape index (κ1) is 22.7. The zero-order valence-electron chi connectivity index (χ0n) is 18.6. The summed E-state index contributed by atoms with van der Waals surface area (Å²) >= 11 is 1.50. The standard InChI is InChI=1S/C23H25N5O4S/c1-14-15(2)28(16-6-3-4-7-16)23(17(14)12-24)25-19(29)13-31-21(30)10-9-20-26-22(27-32-20)18-8-5-11-33-18/h5,8,11,16H,3-4,6-7,9-10,13H2,1-2H3,(H,25,29). The van der Waals surface area contributed by atoms with Gasteiger partial charge in [0.1, 0.15) is 11.9 Å². The molecular formula is C23H25N5O4S. The van der Waals surface area contributed by atoms with E-state index in [2.05, 4.69) is 26.1 Å². The molecule has 1 amide bonds. The van der Waals surface area contributed by atoms with Gasteiger partial charge >= 0.3 is 5.97 Å². The summed E-state index contributed by atoms with van der Waals surface area (Å²) in [6.45, 7) is 3.42. The van der Waals surface area contributed by atoms with E-state index in [1.54, 1.807) is 0 Å². The van der Waals surface area contributed by atoms with E-state index in [1.165, 1.54) is 11.3 Å². The number of amides is 1. The Morgan fingerprint density at radius 3 is 2.85 bits per heavy atom. The van der Waals surface area contributed by atoms with Crippen LogP contribution in [0.1, 0.15) is 60.9 Å². The average Bonchev–Trinajstić information content (AvgIpc) is 3.60. The smallest absolute Gasteiger partial charge is 0.306 e. The van der Waals surface area contributed by atoms with Crippen LogP contribution in [0.3, 0.4) is 0 Å². The van der Waals surface area contributed by atoms with Crippen LogP contribution < -0.4 is 5.32 Å². The summed E-state index contributed by atoms with van der Waals surface area (Å²) < 4.78 is 12.3. The van der Waals surface area contributed by atoms with Crippen molar-refractivity contribution in [3.05, 3.63) is 40.2 Å². The summed E-state index contributed by atoms with van der Waals surface area (Å²) in [5.41, 5.74) is 2.29. The second-order valence-electron chi connectivity index (χ2n) is 8.05. The van der Waals surface area contributed by atoms with Gasteiger partial charge in [-0.3, -0.25) is 9.59 Å². The van der Waals surface area contributed by atoms with Crippen molar-refractivity contribution in [3.8, 4) is 16.8 Å². The zero-order valence-corrected chi connectivity index (χ0v) is 19.4. The fourth-order valence-electron chi connectivity index (χ4n) is 4.16. The third kappa shape index (κ3) is 4.98. The predicted molar refractivity (Wildman–Crippen MR) is 122 cm³/mol. The highest BCUT2D eigenvalue weighted by molar-refractivity contribution is 7.13. The summed E-state index contributed by atoms with van der Waals surface area (Å²) in [5, 5.41) is 18.3. The van der Waals surface area contributed by atoms with Gasteiger partial charge in [-0.15, -0.1) is 11.3 Å². The van der Waals surface area contributed by atoms with Crippen molar-refractivity contribution in [2.75, 3.05) is 11.9 Å². The molecule has 10 heteroatoms. The summed E-state index contributed by atoms with van der Waals surface area (Å²) in [6, 6.07) is 6.24. The van der Waals surface area contributed by atoms with Crippen LogP contribution in [-0.2, 0) is 20.7 Å². The highest BCUT2D eigenvalue weighted by Crippen LogP contribution is 2.37. The summed E-state index contributed by atoms with van der Waals surface area (Å²) in [6.07, 6.45) is 4.52. The first-order chi connectivity index (χ1) is 16.0. The molecule has 9 nitrogen and oxygen atoms in total. The number of ether oxygens (including phenoxy) is 1. The number of nitriles is 1. The van der Waals surface area contributed by atoms with E-state index in [9.17, 15) is 14.9 Å². The number of carbonyl (C=O) groups excluding carboxylic acids is 2. The number of thiophene rings is 1. The van der Waals surface area contributed by atoms with Crippen molar-refractivity contribution in [2.24, 2.45) is 0 Å². The Labute approximate surface area is 195 Å². The van der Waals surface area contributed by atoms with Crippen LogP contribution in [0.2, 0.25) is 0 Å². The summed E-state index contributed by atoms with van der Waals surface area (Å²) in [7, 11) is 0. The van der Waals surface area contributed by atoms with Crippen LogP contribution in [0.25, 0.3) is 10.7 Å². The zero-order chi connectivity index (χ0) is 23.4. The largest absolute Gasteiger partial charge is 0.456 e. The average molecular weight is 468 g/mol. The number of esters is 1. The number of hydrogen-bond donors (Lipinski definition) is 1. The monoisotopic (exact) mass is 467 g/mol. The molecule has 0 radical (unpaired) electrons. The number of nitrogens with zero attached hydrogens (tertiary/aromatic N) is 4. The number of hydrogen-bond acceptors (Lipinski definition) is 8. The van der Waals surface area contributed by atoms with Crippen molar-refractivity contribution < 1.29 is 18.8 Å². The fraction of sp³-hybridized carbons (Fsp3) is 0.435. The van der Waals surface area contributed by atoms with E-state index in [0.717, 1.165) is 41.8 Å². The normalized spacial score (nSPS) is 13.7. The highest BCUT2D eigenvalue weighted by Gasteiger charge is 2.27. The molecule has 1 N–H and O–H groups in total. The Kier molecular flexibility index (Phi) is 6.89. The van der Waals surface area contributed by atoms with Crippen molar-refractivity contribution in [1.82, 2.24) is 14.7 Å². The maximum atomic E-state index is 12.5. The third-order valence-corrected chi connectivity index (χ3v) is 6.80. The molecule has 1 saturated carbocycles. The molecule has 0 saturated heterocycles. The Morgan fingerprint density at radius 2 is 2.15 bits per heavy atom. The van der Waals surface area contributed by atoms with Gasteiger partial charge in [-0.1, -0.05) is 24.1 Å². The maximum absolute atomic E-state index is 12.5. The molecule has 33 heavy (non-hydrogen) atoms. The molecular weight excluding hydrogens is 442 g/mol. The molecule has 0 aromatic carbocycles. The van der Waals surface area contributed by atoms with Crippen LogP contribution >= 0.6 is 11.3 Å². The molecule has 3 heterocycles.